The maximum atomic E-state index is 12.0. The molecule has 1 heterocycles. The summed E-state index contributed by atoms with van der Waals surface area (Å²) in [5.41, 5.74) is 7.20. The highest BCUT2D eigenvalue weighted by Crippen LogP contribution is 2.19. The number of hydrogen-bond acceptors (Lipinski definition) is 5. The maximum Gasteiger partial charge on any atom is 0.271 e. The first kappa shape index (κ1) is 13.5. The summed E-state index contributed by atoms with van der Waals surface area (Å²) in [7, 11) is 0. The number of benzene rings is 1. The smallest absolute Gasteiger partial charge is 0.271 e. The van der Waals surface area contributed by atoms with Gasteiger partial charge in [-0.05, 0) is 19.1 Å². The lowest BCUT2D eigenvalue weighted by Gasteiger charge is -2.07. The highest BCUT2D eigenvalue weighted by Gasteiger charge is 2.12. The summed E-state index contributed by atoms with van der Waals surface area (Å²) in [5.74, 6) is -0.463. The Labute approximate surface area is 114 Å². The third-order valence-corrected chi connectivity index (χ3v) is 2.63. The van der Waals surface area contributed by atoms with Crippen LogP contribution in [0.25, 0.3) is 0 Å². The number of nitro groups is 1. The Morgan fingerprint density at radius 3 is 2.80 bits per heavy atom. The zero-order valence-corrected chi connectivity index (χ0v) is 10.7. The Balaban J connectivity index is 2.23. The Hall–Kier alpha value is -2.96. The van der Waals surface area contributed by atoms with Crippen molar-refractivity contribution < 1.29 is 9.72 Å². The fourth-order valence-electron chi connectivity index (χ4n) is 1.67. The number of aryl methyl sites for hydroxylation is 1. The quantitative estimate of drug-likeness (QED) is 0.656. The van der Waals surface area contributed by atoms with E-state index in [0.29, 0.717) is 17.1 Å². The molecule has 0 radical (unpaired) electrons. The first-order valence-corrected chi connectivity index (χ1v) is 5.75. The molecule has 102 valence electrons. The third-order valence-electron chi connectivity index (χ3n) is 2.63. The van der Waals surface area contributed by atoms with Crippen LogP contribution in [-0.2, 0) is 0 Å². The van der Waals surface area contributed by atoms with Crippen molar-refractivity contribution in [3.8, 4) is 0 Å². The lowest BCUT2D eigenvalue weighted by atomic mass is 10.2. The maximum absolute atomic E-state index is 12.0. The van der Waals surface area contributed by atoms with Gasteiger partial charge in [0.2, 0.25) is 0 Å². The van der Waals surface area contributed by atoms with Gasteiger partial charge in [-0.1, -0.05) is 6.07 Å². The van der Waals surface area contributed by atoms with Crippen LogP contribution in [0.4, 0.5) is 17.1 Å². The van der Waals surface area contributed by atoms with Crippen molar-refractivity contribution in [2.45, 2.75) is 6.92 Å². The average Bonchev–Trinajstić information content (AvgIpc) is 2.38. The molecule has 3 N–H and O–H groups in total. The fourth-order valence-corrected chi connectivity index (χ4v) is 1.67. The zero-order chi connectivity index (χ0) is 14.7. The van der Waals surface area contributed by atoms with Gasteiger partial charge in [-0.25, -0.2) is 0 Å². The second-order valence-electron chi connectivity index (χ2n) is 4.17. The van der Waals surface area contributed by atoms with Crippen molar-refractivity contribution in [1.82, 2.24) is 4.98 Å². The molecule has 0 atom stereocenters. The molecule has 2 aromatic rings. The molecule has 0 unspecified atom stereocenters. The van der Waals surface area contributed by atoms with Gasteiger partial charge >= 0.3 is 0 Å². The second-order valence-corrected chi connectivity index (χ2v) is 4.17. The molecule has 1 aromatic heterocycles. The van der Waals surface area contributed by atoms with Crippen LogP contribution >= 0.6 is 0 Å². The van der Waals surface area contributed by atoms with E-state index in [1.165, 1.54) is 24.4 Å². The Morgan fingerprint density at radius 2 is 2.15 bits per heavy atom. The van der Waals surface area contributed by atoms with Gasteiger partial charge in [-0.2, -0.15) is 0 Å². The number of non-ortho nitro benzene ring substituents is 1. The van der Waals surface area contributed by atoms with Gasteiger partial charge in [0, 0.05) is 35.4 Å². The largest absolute Gasteiger partial charge is 0.398 e. The number of nitro benzene ring substituents is 1. The van der Waals surface area contributed by atoms with Crippen molar-refractivity contribution in [3.05, 3.63) is 57.9 Å². The SMILES string of the molecule is Cc1cc(N)c(C(=O)Nc2cccc([N+](=O)[O-])c2)cn1. The number of anilines is 2. The molecule has 0 aliphatic heterocycles. The summed E-state index contributed by atoms with van der Waals surface area (Å²) in [4.78, 5) is 26.2. The highest BCUT2D eigenvalue weighted by molar-refractivity contribution is 6.07. The number of nitrogens with zero attached hydrogens (tertiary/aromatic N) is 2. The molecular formula is C13H12N4O3. The lowest BCUT2D eigenvalue weighted by Crippen LogP contribution is -2.14. The summed E-state index contributed by atoms with van der Waals surface area (Å²) >= 11 is 0. The van der Waals surface area contributed by atoms with Crippen molar-refractivity contribution >= 4 is 23.0 Å². The van der Waals surface area contributed by atoms with Crippen molar-refractivity contribution in [3.63, 3.8) is 0 Å². The fraction of sp³-hybridized carbons (Fsp3) is 0.0769. The molecule has 2 rings (SSSR count). The number of aromatic nitrogens is 1. The van der Waals surface area contributed by atoms with Gasteiger partial charge in [-0.15, -0.1) is 0 Å². The van der Waals surface area contributed by atoms with Gasteiger partial charge in [0.25, 0.3) is 11.6 Å². The van der Waals surface area contributed by atoms with Gasteiger partial charge < -0.3 is 11.1 Å². The summed E-state index contributed by atoms with van der Waals surface area (Å²) in [6.07, 6.45) is 1.37. The van der Waals surface area contributed by atoms with Gasteiger partial charge in [0.15, 0.2) is 0 Å². The van der Waals surface area contributed by atoms with E-state index in [-0.39, 0.29) is 11.3 Å². The lowest BCUT2D eigenvalue weighted by molar-refractivity contribution is -0.384. The highest BCUT2D eigenvalue weighted by atomic mass is 16.6. The monoisotopic (exact) mass is 272 g/mol. The van der Waals surface area contributed by atoms with E-state index in [1.807, 2.05) is 0 Å². The molecule has 0 aliphatic rings. The number of rotatable bonds is 3. The van der Waals surface area contributed by atoms with E-state index in [0.717, 1.165) is 0 Å². The molecule has 0 saturated heterocycles. The van der Waals surface area contributed by atoms with E-state index in [2.05, 4.69) is 10.3 Å². The molecular weight excluding hydrogens is 260 g/mol. The molecule has 1 amide bonds. The molecule has 20 heavy (non-hydrogen) atoms. The predicted octanol–water partition coefficient (Wildman–Crippen LogP) is 2.13. The molecule has 0 spiro atoms. The first-order valence-electron chi connectivity index (χ1n) is 5.75. The summed E-state index contributed by atoms with van der Waals surface area (Å²) in [6.45, 7) is 1.76. The van der Waals surface area contributed by atoms with Crippen molar-refractivity contribution in [2.24, 2.45) is 0 Å². The molecule has 0 aliphatic carbocycles. The standard InChI is InChI=1S/C13H12N4O3/c1-8-5-12(14)11(7-15-8)13(18)16-9-3-2-4-10(6-9)17(19)20/h2-7H,1H3,(H2,14,15)(H,16,18). The Morgan fingerprint density at radius 1 is 1.40 bits per heavy atom. The van der Waals surface area contributed by atoms with Crippen LogP contribution in [0.2, 0.25) is 0 Å². The predicted molar refractivity (Wildman–Crippen MR) is 74.4 cm³/mol. The number of nitrogen functional groups attached to an aromatic ring is 1. The van der Waals surface area contributed by atoms with E-state index in [9.17, 15) is 14.9 Å². The Kier molecular flexibility index (Phi) is 3.60. The zero-order valence-electron chi connectivity index (χ0n) is 10.7. The number of nitrogens with two attached hydrogens (primary N) is 1. The molecule has 0 bridgehead atoms. The van der Waals surface area contributed by atoms with Crippen LogP contribution in [0.5, 0.6) is 0 Å². The molecule has 7 heteroatoms. The average molecular weight is 272 g/mol. The number of amides is 1. The summed E-state index contributed by atoms with van der Waals surface area (Å²) in [6, 6.07) is 7.25. The van der Waals surface area contributed by atoms with Crippen LogP contribution in [-0.4, -0.2) is 15.8 Å². The third kappa shape index (κ3) is 2.89. The Bertz CT molecular complexity index is 685. The number of nitrogens with one attached hydrogen (secondary N) is 1. The molecule has 0 saturated carbocycles. The van der Waals surface area contributed by atoms with E-state index < -0.39 is 10.8 Å². The second kappa shape index (κ2) is 5.35. The van der Waals surface area contributed by atoms with Gasteiger partial charge in [-0.3, -0.25) is 19.9 Å². The summed E-state index contributed by atoms with van der Waals surface area (Å²) < 4.78 is 0. The van der Waals surface area contributed by atoms with Crippen LogP contribution in [0, 0.1) is 17.0 Å². The number of carbonyl (C=O) groups excluding carboxylic acids is 1. The summed E-state index contributed by atoms with van der Waals surface area (Å²) in [5, 5.41) is 13.2. The number of hydrogen-bond donors (Lipinski definition) is 2. The molecule has 7 nitrogen and oxygen atoms in total. The van der Waals surface area contributed by atoms with Crippen molar-refractivity contribution in [2.75, 3.05) is 11.1 Å². The first-order chi connectivity index (χ1) is 9.47. The van der Waals surface area contributed by atoms with Crippen molar-refractivity contribution in [1.29, 1.82) is 0 Å². The van der Waals surface area contributed by atoms with E-state index in [4.69, 9.17) is 5.73 Å². The molecule has 0 fully saturated rings. The van der Waals surface area contributed by atoms with Crippen LogP contribution in [0.15, 0.2) is 36.5 Å². The minimum absolute atomic E-state index is 0.0993. The number of pyridine rings is 1. The van der Waals surface area contributed by atoms with Gasteiger partial charge in [0.1, 0.15) is 0 Å². The van der Waals surface area contributed by atoms with Crippen LogP contribution in [0.3, 0.4) is 0 Å². The topological polar surface area (TPSA) is 111 Å². The van der Waals surface area contributed by atoms with Crippen LogP contribution in [0.1, 0.15) is 16.1 Å². The van der Waals surface area contributed by atoms with E-state index in [1.54, 1.807) is 19.1 Å². The number of carbonyl (C=O) groups is 1. The minimum Gasteiger partial charge on any atom is -0.398 e. The molecule has 1 aromatic carbocycles. The minimum atomic E-state index is -0.530. The van der Waals surface area contributed by atoms with E-state index >= 15 is 0 Å². The normalized spacial score (nSPS) is 10.1. The van der Waals surface area contributed by atoms with Crippen LogP contribution < -0.4 is 11.1 Å². The van der Waals surface area contributed by atoms with Gasteiger partial charge in [0.05, 0.1) is 10.5 Å².